The molecule has 0 aliphatic carbocycles. The fraction of sp³-hybridized carbons (Fsp3) is 0.393. The molecule has 1 amide bonds. The first-order chi connectivity index (χ1) is 16.5. The third kappa shape index (κ3) is 4.89. The maximum absolute atomic E-state index is 13.4. The Kier molecular flexibility index (Phi) is 6.70. The lowest BCUT2D eigenvalue weighted by atomic mass is 9.89. The van der Waals surface area contributed by atoms with Gasteiger partial charge in [-0.3, -0.25) is 4.79 Å². The summed E-state index contributed by atoms with van der Waals surface area (Å²) in [6.07, 6.45) is 4.54. The summed E-state index contributed by atoms with van der Waals surface area (Å²) < 4.78 is 28.3. The molecule has 1 atom stereocenters. The van der Waals surface area contributed by atoms with Gasteiger partial charge in [-0.2, -0.15) is 4.31 Å². The molecule has 0 bridgehead atoms. The van der Waals surface area contributed by atoms with E-state index in [2.05, 4.69) is 24.3 Å². The van der Waals surface area contributed by atoms with E-state index in [1.165, 1.54) is 9.87 Å². The molecule has 0 radical (unpaired) electrons. The van der Waals surface area contributed by atoms with Crippen LogP contribution in [0.25, 0.3) is 10.8 Å². The van der Waals surface area contributed by atoms with Gasteiger partial charge >= 0.3 is 0 Å². The van der Waals surface area contributed by atoms with E-state index in [0.717, 1.165) is 49.5 Å². The van der Waals surface area contributed by atoms with E-state index >= 15 is 0 Å². The molecule has 178 valence electrons. The fourth-order valence-electron chi connectivity index (χ4n) is 5.40. The minimum Gasteiger partial charge on any atom is -0.342 e. The number of sulfonamides is 1. The summed E-state index contributed by atoms with van der Waals surface area (Å²) in [6, 6.07) is 23.6. The van der Waals surface area contributed by atoms with E-state index in [1.807, 2.05) is 41.3 Å². The van der Waals surface area contributed by atoms with Crippen molar-refractivity contribution in [2.45, 2.75) is 37.0 Å². The number of hydrogen-bond acceptors (Lipinski definition) is 3. The summed E-state index contributed by atoms with van der Waals surface area (Å²) >= 11 is 0. The predicted molar refractivity (Wildman–Crippen MR) is 135 cm³/mol. The van der Waals surface area contributed by atoms with Crippen molar-refractivity contribution in [1.29, 1.82) is 0 Å². The number of hydrogen-bond donors (Lipinski definition) is 0. The molecule has 5 nitrogen and oxygen atoms in total. The number of amides is 1. The summed E-state index contributed by atoms with van der Waals surface area (Å²) in [6.45, 7) is 2.28. The van der Waals surface area contributed by atoms with Crippen LogP contribution in [-0.4, -0.2) is 49.7 Å². The van der Waals surface area contributed by atoms with Gasteiger partial charge in [0.2, 0.25) is 15.9 Å². The van der Waals surface area contributed by atoms with Gasteiger partial charge in [0, 0.05) is 26.2 Å². The second-order valence-corrected chi connectivity index (χ2v) is 11.6. The van der Waals surface area contributed by atoms with Gasteiger partial charge in [0.25, 0.3) is 0 Å². The van der Waals surface area contributed by atoms with E-state index in [0.29, 0.717) is 23.8 Å². The summed E-state index contributed by atoms with van der Waals surface area (Å²) in [5, 5.41) is 1.93. The topological polar surface area (TPSA) is 57.7 Å². The second-order valence-electron chi connectivity index (χ2n) is 9.67. The molecule has 2 saturated heterocycles. The Morgan fingerprint density at radius 2 is 1.53 bits per heavy atom. The molecule has 2 aliphatic rings. The fourth-order valence-corrected chi connectivity index (χ4v) is 6.96. The number of piperidine rings is 2. The number of carbonyl (C=O) groups excluding carboxylic acids is 1. The number of benzene rings is 3. The first-order valence-corrected chi connectivity index (χ1v) is 13.8. The van der Waals surface area contributed by atoms with Crippen LogP contribution in [0.1, 0.15) is 31.2 Å². The lowest BCUT2D eigenvalue weighted by molar-refractivity contribution is -0.138. The van der Waals surface area contributed by atoms with Gasteiger partial charge in [-0.25, -0.2) is 8.42 Å². The molecular formula is C28H32N2O3S. The van der Waals surface area contributed by atoms with Crippen LogP contribution < -0.4 is 0 Å². The Morgan fingerprint density at radius 1 is 0.824 bits per heavy atom. The highest BCUT2D eigenvalue weighted by molar-refractivity contribution is 7.89. The van der Waals surface area contributed by atoms with E-state index in [4.69, 9.17) is 0 Å². The van der Waals surface area contributed by atoms with Crippen LogP contribution >= 0.6 is 0 Å². The molecule has 3 aromatic rings. The van der Waals surface area contributed by atoms with Gasteiger partial charge in [-0.1, -0.05) is 60.7 Å². The molecule has 0 N–H and O–H groups in total. The normalized spacial score (nSPS) is 20.5. The van der Waals surface area contributed by atoms with Crippen molar-refractivity contribution in [2.24, 2.45) is 11.8 Å². The zero-order valence-electron chi connectivity index (χ0n) is 19.5. The summed E-state index contributed by atoms with van der Waals surface area (Å²) in [4.78, 5) is 15.6. The lowest BCUT2D eigenvalue weighted by Gasteiger charge is -2.37. The standard InChI is InChI=1S/C28H32N2O3S/c31-28(29-17-14-23(15-18-29)19-22-7-2-1-3-8-22)26-11-6-16-30(21-26)34(32,33)27-13-12-24-9-4-5-10-25(24)20-27/h1-5,7-10,12-13,20,23,26H,6,11,14-19,21H2/t26-/m1/s1. The lowest BCUT2D eigenvalue weighted by Crippen LogP contribution is -2.48. The highest BCUT2D eigenvalue weighted by Crippen LogP contribution is 2.29. The third-order valence-corrected chi connectivity index (χ3v) is 9.25. The molecule has 2 heterocycles. The van der Waals surface area contributed by atoms with Gasteiger partial charge in [-0.05, 0) is 66.5 Å². The summed E-state index contributed by atoms with van der Waals surface area (Å²) in [7, 11) is -3.63. The molecular weight excluding hydrogens is 444 g/mol. The summed E-state index contributed by atoms with van der Waals surface area (Å²) in [5.41, 5.74) is 1.36. The predicted octanol–water partition coefficient (Wildman–Crippen LogP) is 4.72. The molecule has 0 spiro atoms. The van der Waals surface area contributed by atoms with Crippen LogP contribution in [0.2, 0.25) is 0 Å². The Bertz CT molecular complexity index is 1250. The van der Waals surface area contributed by atoms with Gasteiger partial charge in [0.1, 0.15) is 0 Å². The smallest absolute Gasteiger partial charge is 0.243 e. The van der Waals surface area contributed by atoms with Crippen LogP contribution in [0.3, 0.4) is 0 Å². The van der Waals surface area contributed by atoms with Gasteiger partial charge in [0.15, 0.2) is 0 Å². The highest BCUT2D eigenvalue weighted by Gasteiger charge is 2.36. The van der Waals surface area contributed by atoms with E-state index in [9.17, 15) is 13.2 Å². The van der Waals surface area contributed by atoms with Crippen LogP contribution in [-0.2, 0) is 21.2 Å². The Balaban J connectivity index is 1.22. The number of nitrogens with zero attached hydrogens (tertiary/aromatic N) is 2. The van der Waals surface area contributed by atoms with Crippen molar-refractivity contribution in [3.05, 3.63) is 78.4 Å². The first kappa shape index (κ1) is 23.1. The monoisotopic (exact) mass is 476 g/mol. The molecule has 6 heteroatoms. The van der Waals surface area contributed by atoms with Crippen molar-refractivity contribution in [2.75, 3.05) is 26.2 Å². The number of fused-ring (bicyclic) bond motifs is 1. The van der Waals surface area contributed by atoms with Crippen molar-refractivity contribution < 1.29 is 13.2 Å². The van der Waals surface area contributed by atoms with Gasteiger partial charge in [-0.15, -0.1) is 0 Å². The zero-order valence-corrected chi connectivity index (χ0v) is 20.3. The second kappa shape index (κ2) is 9.88. The van der Waals surface area contributed by atoms with Gasteiger partial charge in [0.05, 0.1) is 10.8 Å². The molecule has 2 fully saturated rings. The molecule has 2 aliphatic heterocycles. The van der Waals surface area contributed by atoms with Crippen molar-refractivity contribution in [3.63, 3.8) is 0 Å². The van der Waals surface area contributed by atoms with Gasteiger partial charge < -0.3 is 4.90 Å². The number of carbonyl (C=O) groups is 1. The Morgan fingerprint density at radius 3 is 2.29 bits per heavy atom. The maximum atomic E-state index is 13.4. The largest absolute Gasteiger partial charge is 0.342 e. The Labute approximate surface area is 202 Å². The van der Waals surface area contributed by atoms with Crippen molar-refractivity contribution in [1.82, 2.24) is 9.21 Å². The quantitative estimate of drug-likeness (QED) is 0.535. The number of likely N-dealkylation sites (tertiary alicyclic amines) is 1. The average Bonchev–Trinajstić information content (AvgIpc) is 2.89. The SMILES string of the molecule is O=C([C@@H]1CCCN(S(=O)(=O)c2ccc3ccccc3c2)C1)N1CCC(Cc2ccccc2)CC1. The molecule has 3 aromatic carbocycles. The first-order valence-electron chi connectivity index (χ1n) is 12.3. The molecule has 5 rings (SSSR count). The highest BCUT2D eigenvalue weighted by atomic mass is 32.2. The zero-order chi connectivity index (χ0) is 23.5. The third-order valence-electron chi connectivity index (χ3n) is 7.39. The minimum absolute atomic E-state index is 0.122. The number of rotatable bonds is 5. The van der Waals surface area contributed by atoms with E-state index in [1.54, 1.807) is 12.1 Å². The summed E-state index contributed by atoms with van der Waals surface area (Å²) in [5.74, 6) is 0.466. The minimum atomic E-state index is -3.63. The van der Waals surface area contributed by atoms with Crippen LogP contribution in [0, 0.1) is 11.8 Å². The van der Waals surface area contributed by atoms with Crippen LogP contribution in [0.4, 0.5) is 0 Å². The van der Waals surface area contributed by atoms with Crippen molar-refractivity contribution in [3.8, 4) is 0 Å². The maximum Gasteiger partial charge on any atom is 0.243 e. The van der Waals surface area contributed by atoms with Crippen molar-refractivity contribution >= 4 is 26.7 Å². The van der Waals surface area contributed by atoms with Crippen LogP contribution in [0.15, 0.2) is 77.7 Å². The molecule has 0 unspecified atom stereocenters. The average molecular weight is 477 g/mol. The van der Waals surface area contributed by atoms with E-state index in [-0.39, 0.29) is 18.4 Å². The van der Waals surface area contributed by atoms with Crippen LogP contribution in [0.5, 0.6) is 0 Å². The molecule has 0 saturated carbocycles. The Hall–Kier alpha value is -2.70. The molecule has 0 aromatic heterocycles. The van der Waals surface area contributed by atoms with E-state index < -0.39 is 10.0 Å². The molecule has 34 heavy (non-hydrogen) atoms.